The van der Waals surface area contributed by atoms with Crippen LogP contribution in [0.3, 0.4) is 0 Å². The summed E-state index contributed by atoms with van der Waals surface area (Å²) in [6, 6.07) is 9.56. The Labute approximate surface area is 100 Å². The Morgan fingerprint density at radius 1 is 0.933 bits per heavy atom. The first kappa shape index (κ1) is 13.0. The van der Waals surface area contributed by atoms with E-state index in [0.29, 0.717) is 0 Å². The topological polar surface area (TPSA) is 0 Å². The van der Waals surface area contributed by atoms with E-state index in [9.17, 15) is 0 Å². The monoisotopic (exact) mass is 234 g/mol. The number of rotatable bonds is 4. The molecule has 2 heteroatoms. The predicted octanol–water partition coefficient (Wildman–Crippen LogP) is 2.97. The van der Waals surface area contributed by atoms with Crippen molar-refractivity contribution >= 4 is 31.8 Å². The predicted molar refractivity (Wildman–Crippen MR) is 75.8 cm³/mol. The van der Waals surface area contributed by atoms with Gasteiger partial charge in [-0.2, -0.15) is 0 Å². The quantitative estimate of drug-likeness (QED) is 0.703. The normalized spacial score (nSPS) is 11.5. The van der Waals surface area contributed by atoms with Crippen LogP contribution < -0.4 is 9.61 Å². The number of hydrogen-bond acceptors (Lipinski definition) is 0. The van der Waals surface area contributed by atoms with E-state index in [2.05, 4.69) is 57.8 Å². The molecule has 0 aliphatic carbocycles. The summed E-state index contributed by atoms with van der Waals surface area (Å²) < 4.78 is 1.65. The second-order valence-electron chi connectivity index (χ2n) is 5.39. The zero-order valence-electron chi connectivity index (χ0n) is 10.8. The van der Waals surface area contributed by atoms with Gasteiger partial charge in [-0.1, -0.05) is 73.5 Å². The largest absolute Gasteiger partial charge is 0.305 e. The molecule has 0 amide bonds. The zero-order valence-corrected chi connectivity index (χ0v) is 13.0. The van der Waals surface area contributed by atoms with Crippen molar-refractivity contribution in [1.82, 2.24) is 0 Å². The van der Waals surface area contributed by atoms with E-state index in [4.69, 9.17) is 0 Å². The van der Waals surface area contributed by atoms with Crippen molar-refractivity contribution in [1.29, 1.82) is 0 Å². The fourth-order valence-corrected chi connectivity index (χ4v) is 5.44. The van der Waals surface area contributed by atoms with Crippen LogP contribution in [0.5, 0.6) is 0 Å². The van der Waals surface area contributed by atoms with E-state index in [0.717, 1.165) is 0 Å². The highest BCUT2D eigenvalue weighted by Gasteiger charge is 2.18. The second kappa shape index (κ2) is 5.34. The molecule has 0 aromatic heterocycles. The molecule has 0 nitrogen and oxygen atoms in total. The molecule has 0 atom stereocenters. The maximum absolute atomic E-state index is 2.41. The van der Waals surface area contributed by atoms with Crippen molar-refractivity contribution < 1.29 is 0 Å². The van der Waals surface area contributed by atoms with Crippen LogP contribution in [0.25, 0.3) is 0 Å². The summed E-state index contributed by atoms with van der Waals surface area (Å²) in [4.78, 5) is 0. The lowest BCUT2D eigenvalue weighted by molar-refractivity contribution is 1.33. The molecule has 1 aromatic rings. The minimum Gasteiger partial charge on any atom is -0.110 e. The maximum Gasteiger partial charge on any atom is 0.305 e. The van der Waals surface area contributed by atoms with Gasteiger partial charge < -0.3 is 0 Å². The van der Waals surface area contributed by atoms with E-state index in [1.165, 1.54) is 10.6 Å². The fourth-order valence-electron chi connectivity index (χ4n) is 2.02. The first-order chi connectivity index (χ1) is 6.99. The van der Waals surface area contributed by atoms with Gasteiger partial charge in [0.05, 0.1) is 8.07 Å². The SMILES string of the molecule is C[CH2][Al]([CH2]C)[c]1ccc([Si](C)(C)C)cc1. The van der Waals surface area contributed by atoms with Gasteiger partial charge >= 0.3 is 14.1 Å². The summed E-state index contributed by atoms with van der Waals surface area (Å²) in [7, 11) is -1.10. The lowest BCUT2D eigenvalue weighted by atomic mass is 10.4. The smallest absolute Gasteiger partial charge is 0.110 e. The van der Waals surface area contributed by atoms with E-state index in [1.54, 1.807) is 9.61 Å². The third kappa shape index (κ3) is 3.48. The molecule has 0 saturated heterocycles. The van der Waals surface area contributed by atoms with Crippen molar-refractivity contribution in [2.75, 3.05) is 0 Å². The molecular formula is C13H23AlSi. The summed E-state index contributed by atoms with van der Waals surface area (Å²) in [6.45, 7) is 11.9. The van der Waals surface area contributed by atoms with Gasteiger partial charge in [0, 0.05) is 0 Å². The van der Waals surface area contributed by atoms with E-state index >= 15 is 0 Å². The van der Waals surface area contributed by atoms with E-state index in [-0.39, 0.29) is 0 Å². The van der Waals surface area contributed by atoms with Crippen LogP contribution in [-0.4, -0.2) is 22.2 Å². The summed E-state index contributed by atoms with van der Waals surface area (Å²) in [5, 5.41) is 4.37. The molecule has 0 heterocycles. The van der Waals surface area contributed by atoms with Crippen LogP contribution in [0.2, 0.25) is 30.2 Å². The van der Waals surface area contributed by atoms with Crippen LogP contribution in [-0.2, 0) is 0 Å². The molecule has 0 fully saturated rings. The van der Waals surface area contributed by atoms with Crippen LogP contribution in [0.4, 0.5) is 0 Å². The van der Waals surface area contributed by atoms with Crippen LogP contribution in [0.1, 0.15) is 13.8 Å². The highest BCUT2D eigenvalue weighted by atomic mass is 28.3. The standard InChI is InChI=1S/C9H13Si.2C2H5.Al/c1-10(2,3)9-7-5-4-6-8-9;2*1-2;/h5-8H,1-3H3;2*1H2,2H3;. The Hall–Kier alpha value is -0.0306. The van der Waals surface area contributed by atoms with Gasteiger partial charge in [-0.3, -0.25) is 0 Å². The molecular weight excluding hydrogens is 211 g/mol. The Morgan fingerprint density at radius 2 is 1.40 bits per heavy atom. The molecule has 1 aromatic carbocycles. The van der Waals surface area contributed by atoms with Crippen molar-refractivity contribution in [3.63, 3.8) is 0 Å². The van der Waals surface area contributed by atoms with Crippen LogP contribution in [0.15, 0.2) is 24.3 Å². The highest BCUT2D eigenvalue weighted by Crippen LogP contribution is 2.03. The van der Waals surface area contributed by atoms with Gasteiger partial charge in [0.15, 0.2) is 0 Å². The summed E-state index contributed by atoms with van der Waals surface area (Å²) in [5.74, 6) is 0. The Bertz CT molecular complexity index is 293. The van der Waals surface area contributed by atoms with Gasteiger partial charge in [-0.15, -0.1) is 4.43 Å². The number of benzene rings is 1. The molecule has 82 valence electrons. The highest BCUT2D eigenvalue weighted by molar-refractivity contribution is 6.88. The molecule has 0 saturated carbocycles. The van der Waals surface area contributed by atoms with Gasteiger partial charge in [-0.05, 0) is 0 Å². The molecule has 0 bridgehead atoms. The molecule has 0 radical (unpaired) electrons. The average Bonchev–Trinajstić information content (AvgIpc) is 2.19. The minimum atomic E-state index is -1.10. The second-order valence-corrected chi connectivity index (χ2v) is 14.2. The van der Waals surface area contributed by atoms with E-state index in [1.807, 2.05) is 0 Å². The molecule has 0 N–H and O–H groups in total. The molecule has 1 rings (SSSR count). The maximum atomic E-state index is 2.41. The van der Waals surface area contributed by atoms with Crippen molar-refractivity contribution in [3.8, 4) is 0 Å². The number of hydrogen-bond donors (Lipinski definition) is 0. The van der Waals surface area contributed by atoms with Gasteiger partial charge in [0.2, 0.25) is 0 Å². The Morgan fingerprint density at radius 3 is 1.73 bits per heavy atom. The van der Waals surface area contributed by atoms with Gasteiger partial charge in [0.1, 0.15) is 0 Å². The van der Waals surface area contributed by atoms with Gasteiger partial charge in [-0.25, -0.2) is 0 Å². The van der Waals surface area contributed by atoms with E-state index < -0.39 is 22.2 Å². The third-order valence-corrected chi connectivity index (χ3v) is 8.60. The molecule has 15 heavy (non-hydrogen) atoms. The van der Waals surface area contributed by atoms with Gasteiger partial charge in [0.25, 0.3) is 0 Å². The molecule has 0 aliphatic rings. The first-order valence-corrected chi connectivity index (χ1v) is 11.8. The average molecular weight is 234 g/mol. The van der Waals surface area contributed by atoms with Crippen molar-refractivity contribution in [3.05, 3.63) is 24.3 Å². The summed E-state index contributed by atoms with van der Waals surface area (Å²) in [5.41, 5.74) is 0. The molecule has 0 spiro atoms. The van der Waals surface area contributed by atoms with Crippen LogP contribution >= 0.6 is 0 Å². The van der Waals surface area contributed by atoms with Crippen molar-refractivity contribution in [2.24, 2.45) is 0 Å². The van der Waals surface area contributed by atoms with Crippen LogP contribution in [0, 0.1) is 0 Å². The Balaban J connectivity index is 2.89. The minimum absolute atomic E-state index is 0.610. The Kier molecular flexibility index (Phi) is 4.64. The zero-order chi connectivity index (χ0) is 11.5. The molecule has 0 aliphatic heterocycles. The summed E-state index contributed by atoms with van der Waals surface area (Å²) in [6.07, 6.45) is 0. The summed E-state index contributed by atoms with van der Waals surface area (Å²) >= 11 is -0.610. The third-order valence-electron chi connectivity index (χ3n) is 3.23. The fraction of sp³-hybridized carbons (Fsp3) is 0.538. The lowest BCUT2D eigenvalue weighted by Crippen LogP contribution is -2.39. The first-order valence-electron chi connectivity index (χ1n) is 6.09. The van der Waals surface area contributed by atoms with Crippen molar-refractivity contribution in [2.45, 2.75) is 44.1 Å². The molecule has 0 unspecified atom stereocenters. The lowest BCUT2D eigenvalue weighted by Gasteiger charge is -2.17.